The molecule has 0 radical (unpaired) electrons. The fraction of sp³-hybridized carbons (Fsp3) is 1.00. The Balaban J connectivity index is 3.04. The van der Waals surface area contributed by atoms with Crippen LogP contribution in [0.5, 0.6) is 0 Å². The van der Waals surface area contributed by atoms with Crippen LogP contribution in [0.15, 0.2) is 0 Å². The Morgan fingerprint density at radius 2 is 1.13 bits per heavy atom. The van der Waals surface area contributed by atoms with E-state index in [2.05, 4.69) is 0 Å². The molecule has 6 heteroatoms. The van der Waals surface area contributed by atoms with E-state index < -0.39 is 42.0 Å². The maximum atomic E-state index is 10.0. The Labute approximate surface area is 87.4 Å². The molecule has 1 saturated carbocycles. The van der Waals surface area contributed by atoms with E-state index in [1.165, 1.54) is 13.8 Å². The van der Waals surface area contributed by atoms with E-state index in [0.29, 0.717) is 0 Å². The minimum absolute atomic E-state index is 0.736. The molecule has 1 aliphatic rings. The first-order valence-corrected chi connectivity index (χ1v) is 4.74. The van der Waals surface area contributed by atoms with E-state index in [4.69, 9.17) is 10.2 Å². The van der Waals surface area contributed by atoms with Gasteiger partial charge >= 0.3 is 0 Å². The van der Waals surface area contributed by atoms with Crippen molar-refractivity contribution in [1.82, 2.24) is 0 Å². The van der Waals surface area contributed by atoms with Crippen LogP contribution in [0, 0.1) is 5.41 Å². The van der Waals surface area contributed by atoms with Crippen LogP contribution in [-0.2, 0) is 0 Å². The lowest BCUT2D eigenvalue weighted by atomic mass is 10.0. The third-order valence-corrected chi connectivity index (χ3v) is 3.73. The number of hydrogen-bond donors (Lipinski definition) is 6. The van der Waals surface area contributed by atoms with Crippen LogP contribution in [0.1, 0.15) is 13.8 Å². The monoisotopic (exact) mass is 222 g/mol. The lowest BCUT2D eigenvalue weighted by Crippen LogP contribution is -2.46. The lowest BCUT2D eigenvalue weighted by Gasteiger charge is -2.23. The third-order valence-electron chi connectivity index (χ3n) is 3.73. The molecule has 6 nitrogen and oxygen atoms in total. The molecule has 6 N–H and O–H groups in total. The lowest BCUT2D eigenvalue weighted by molar-refractivity contribution is -0.123. The van der Waals surface area contributed by atoms with Crippen molar-refractivity contribution in [2.24, 2.45) is 5.41 Å². The number of rotatable bonds is 4. The molecule has 15 heavy (non-hydrogen) atoms. The highest BCUT2D eigenvalue weighted by Gasteiger charge is 2.87. The van der Waals surface area contributed by atoms with Crippen molar-refractivity contribution in [3.63, 3.8) is 0 Å². The van der Waals surface area contributed by atoms with Crippen LogP contribution in [0.4, 0.5) is 0 Å². The van der Waals surface area contributed by atoms with Gasteiger partial charge in [0.05, 0.1) is 13.2 Å². The smallest absolute Gasteiger partial charge is 0.132 e. The summed E-state index contributed by atoms with van der Waals surface area (Å²) in [6, 6.07) is 0. The Kier molecular flexibility index (Phi) is 2.89. The van der Waals surface area contributed by atoms with Crippen molar-refractivity contribution in [3.05, 3.63) is 0 Å². The summed E-state index contributed by atoms with van der Waals surface area (Å²) < 4.78 is 0. The molecule has 90 valence electrons. The Morgan fingerprint density at radius 1 is 0.867 bits per heavy atom. The first-order chi connectivity index (χ1) is 6.71. The fourth-order valence-electron chi connectivity index (χ4n) is 2.50. The van der Waals surface area contributed by atoms with Crippen LogP contribution in [-0.4, -0.2) is 67.3 Å². The molecular formula is C9H18O6. The predicted octanol–water partition coefficient (Wildman–Crippen LogP) is -2.81. The normalized spacial score (nSPS) is 42.4. The van der Waals surface area contributed by atoms with E-state index in [1.807, 2.05) is 0 Å². The molecule has 0 aromatic heterocycles. The van der Waals surface area contributed by atoms with Crippen molar-refractivity contribution < 1.29 is 30.6 Å². The van der Waals surface area contributed by atoms with Gasteiger partial charge in [-0.3, -0.25) is 0 Å². The van der Waals surface area contributed by atoms with E-state index >= 15 is 0 Å². The van der Waals surface area contributed by atoms with Gasteiger partial charge in [0.1, 0.15) is 23.4 Å². The van der Waals surface area contributed by atoms with Gasteiger partial charge in [0.15, 0.2) is 0 Å². The summed E-state index contributed by atoms with van der Waals surface area (Å²) >= 11 is 0. The van der Waals surface area contributed by atoms with E-state index in [-0.39, 0.29) is 0 Å². The molecule has 0 aromatic carbocycles. The molecule has 0 bridgehead atoms. The van der Waals surface area contributed by atoms with Crippen molar-refractivity contribution in [2.45, 2.75) is 37.3 Å². The largest absolute Gasteiger partial charge is 0.394 e. The Morgan fingerprint density at radius 3 is 1.33 bits per heavy atom. The summed E-state index contributed by atoms with van der Waals surface area (Å²) in [6.45, 7) is 1.40. The maximum Gasteiger partial charge on any atom is 0.132 e. The van der Waals surface area contributed by atoms with Crippen molar-refractivity contribution in [1.29, 1.82) is 0 Å². The predicted molar refractivity (Wildman–Crippen MR) is 49.9 cm³/mol. The average molecular weight is 222 g/mol. The van der Waals surface area contributed by atoms with Gasteiger partial charge in [-0.1, -0.05) is 13.8 Å². The molecule has 1 fully saturated rings. The quantitative estimate of drug-likeness (QED) is 0.305. The van der Waals surface area contributed by atoms with Gasteiger partial charge in [0.25, 0.3) is 0 Å². The molecule has 0 unspecified atom stereocenters. The average Bonchev–Trinajstić information content (AvgIpc) is 2.57. The molecule has 0 heterocycles. The van der Waals surface area contributed by atoms with Crippen molar-refractivity contribution >= 4 is 0 Å². The number of aliphatic hydroxyl groups excluding tert-OH is 4. The Bertz CT molecular complexity index is 231. The second kappa shape index (κ2) is 3.38. The van der Waals surface area contributed by atoms with Gasteiger partial charge in [0, 0.05) is 5.41 Å². The summed E-state index contributed by atoms with van der Waals surface area (Å²) in [7, 11) is 0. The molecule has 4 atom stereocenters. The van der Waals surface area contributed by atoms with Crippen LogP contribution < -0.4 is 0 Å². The standard InChI is InChI=1S/C9H18O6/c1-7(2)8(14,5(12)3-10)9(7,15)6(13)4-11/h5-6,10-15H,3-4H2,1-2H3/t5-,6-,8+,9+/m1/s1. The molecule has 0 spiro atoms. The fourth-order valence-corrected chi connectivity index (χ4v) is 2.50. The summed E-state index contributed by atoms with van der Waals surface area (Å²) in [5.74, 6) is 0. The highest BCUT2D eigenvalue weighted by Crippen LogP contribution is 2.67. The Hall–Kier alpha value is -0.240. The summed E-state index contributed by atoms with van der Waals surface area (Å²) in [6.07, 6.45) is -3.14. The molecule has 0 amide bonds. The summed E-state index contributed by atoms with van der Waals surface area (Å²) in [4.78, 5) is 0. The zero-order valence-electron chi connectivity index (χ0n) is 8.75. The molecule has 0 aliphatic heterocycles. The summed E-state index contributed by atoms with van der Waals surface area (Å²) in [5, 5.41) is 56.4. The second-order valence-corrected chi connectivity index (χ2v) is 4.55. The van der Waals surface area contributed by atoms with Gasteiger partial charge < -0.3 is 30.6 Å². The zero-order valence-corrected chi connectivity index (χ0v) is 8.75. The maximum absolute atomic E-state index is 10.0. The molecule has 1 rings (SSSR count). The molecule has 0 saturated heterocycles. The minimum Gasteiger partial charge on any atom is -0.394 e. The van der Waals surface area contributed by atoms with Gasteiger partial charge in [-0.2, -0.15) is 0 Å². The van der Waals surface area contributed by atoms with Gasteiger partial charge in [0.2, 0.25) is 0 Å². The molecular weight excluding hydrogens is 204 g/mol. The highest BCUT2D eigenvalue weighted by atomic mass is 16.4. The van der Waals surface area contributed by atoms with Crippen LogP contribution in [0.2, 0.25) is 0 Å². The molecule has 0 aromatic rings. The highest BCUT2D eigenvalue weighted by molar-refractivity contribution is 5.36. The van der Waals surface area contributed by atoms with Crippen LogP contribution in [0.3, 0.4) is 0 Å². The van der Waals surface area contributed by atoms with Crippen molar-refractivity contribution in [2.75, 3.05) is 13.2 Å². The first kappa shape index (κ1) is 12.8. The first-order valence-electron chi connectivity index (χ1n) is 4.74. The van der Waals surface area contributed by atoms with E-state index in [1.54, 1.807) is 0 Å². The van der Waals surface area contributed by atoms with Crippen molar-refractivity contribution in [3.8, 4) is 0 Å². The van der Waals surface area contributed by atoms with Gasteiger partial charge in [-0.05, 0) is 0 Å². The van der Waals surface area contributed by atoms with Crippen LogP contribution in [0.25, 0.3) is 0 Å². The second-order valence-electron chi connectivity index (χ2n) is 4.55. The topological polar surface area (TPSA) is 121 Å². The SMILES string of the molecule is CC1(C)[C@@](O)([C@H](O)CO)[C@]1(O)[C@H](O)CO. The summed E-state index contributed by atoms with van der Waals surface area (Å²) in [5.41, 5.74) is -5.24. The molecule has 1 aliphatic carbocycles. The van der Waals surface area contributed by atoms with E-state index in [0.717, 1.165) is 0 Å². The number of hydrogen-bond acceptors (Lipinski definition) is 6. The number of aliphatic hydroxyl groups is 6. The van der Waals surface area contributed by atoms with Crippen LogP contribution >= 0.6 is 0 Å². The minimum atomic E-state index is -2.02. The van der Waals surface area contributed by atoms with Gasteiger partial charge in [-0.25, -0.2) is 0 Å². The zero-order chi connectivity index (χ0) is 12.1. The van der Waals surface area contributed by atoms with Gasteiger partial charge in [-0.15, -0.1) is 0 Å². The third kappa shape index (κ3) is 1.15. The van der Waals surface area contributed by atoms with E-state index in [9.17, 15) is 20.4 Å².